The van der Waals surface area contributed by atoms with E-state index in [1.807, 2.05) is 25.1 Å². The molecule has 0 aliphatic rings. The Balaban J connectivity index is 1.62. The summed E-state index contributed by atoms with van der Waals surface area (Å²) in [5.41, 5.74) is 3.69. The Labute approximate surface area is 146 Å². The standard InChI is InChI=1S/C17H12ClN3O2S/c1-10-4-5-21-15(6-10)19-12(8-16(21)22)9-24-17-20-13-3-2-11(18)7-14(13)23-17/h2-8H,9H2,1H3. The quantitative estimate of drug-likeness (QED) is 0.517. The van der Waals surface area contributed by atoms with Crippen LogP contribution in [0.3, 0.4) is 0 Å². The molecule has 3 aromatic heterocycles. The van der Waals surface area contributed by atoms with Crippen molar-refractivity contribution in [2.75, 3.05) is 0 Å². The maximum absolute atomic E-state index is 12.2. The maximum Gasteiger partial charge on any atom is 0.258 e. The molecule has 0 aliphatic heterocycles. The molecule has 0 saturated heterocycles. The predicted octanol–water partition coefficient (Wildman–Crippen LogP) is 4.09. The highest BCUT2D eigenvalue weighted by atomic mass is 35.5. The molecular weight excluding hydrogens is 346 g/mol. The van der Waals surface area contributed by atoms with Gasteiger partial charge in [0.1, 0.15) is 11.2 Å². The van der Waals surface area contributed by atoms with Crippen molar-refractivity contribution in [1.82, 2.24) is 14.4 Å². The summed E-state index contributed by atoms with van der Waals surface area (Å²) in [7, 11) is 0. The Morgan fingerprint density at radius 3 is 2.96 bits per heavy atom. The van der Waals surface area contributed by atoms with Gasteiger partial charge in [-0.2, -0.15) is 0 Å². The van der Waals surface area contributed by atoms with Crippen molar-refractivity contribution in [3.8, 4) is 0 Å². The molecule has 120 valence electrons. The molecule has 5 nitrogen and oxygen atoms in total. The van der Waals surface area contributed by atoms with Gasteiger partial charge in [0.05, 0.1) is 5.69 Å². The normalized spacial score (nSPS) is 11.4. The first-order valence-electron chi connectivity index (χ1n) is 7.26. The van der Waals surface area contributed by atoms with Crippen LogP contribution in [0.2, 0.25) is 5.02 Å². The van der Waals surface area contributed by atoms with Gasteiger partial charge in [-0.3, -0.25) is 9.20 Å². The number of hydrogen-bond acceptors (Lipinski definition) is 5. The number of aryl methyl sites for hydroxylation is 1. The number of fused-ring (bicyclic) bond motifs is 2. The third-order valence-corrected chi connectivity index (χ3v) is 4.65. The molecular formula is C17H12ClN3O2S. The van der Waals surface area contributed by atoms with E-state index in [4.69, 9.17) is 16.0 Å². The van der Waals surface area contributed by atoms with Crippen LogP contribution in [0.1, 0.15) is 11.3 Å². The smallest absolute Gasteiger partial charge is 0.258 e. The van der Waals surface area contributed by atoms with Crippen LogP contribution in [0.15, 0.2) is 57.0 Å². The molecule has 0 saturated carbocycles. The van der Waals surface area contributed by atoms with E-state index in [0.717, 1.165) is 11.1 Å². The molecule has 4 aromatic rings. The van der Waals surface area contributed by atoms with Gasteiger partial charge in [-0.15, -0.1) is 0 Å². The summed E-state index contributed by atoms with van der Waals surface area (Å²) < 4.78 is 7.19. The van der Waals surface area contributed by atoms with Crippen molar-refractivity contribution in [2.24, 2.45) is 0 Å². The van der Waals surface area contributed by atoms with Crippen LogP contribution in [0.5, 0.6) is 0 Å². The fourth-order valence-electron chi connectivity index (χ4n) is 2.40. The van der Waals surface area contributed by atoms with Crippen molar-refractivity contribution in [1.29, 1.82) is 0 Å². The molecule has 0 N–H and O–H groups in total. The Bertz CT molecular complexity index is 1120. The van der Waals surface area contributed by atoms with Crippen LogP contribution in [0, 0.1) is 6.92 Å². The molecule has 24 heavy (non-hydrogen) atoms. The summed E-state index contributed by atoms with van der Waals surface area (Å²) in [5.74, 6) is 0.500. The maximum atomic E-state index is 12.2. The molecule has 0 amide bonds. The van der Waals surface area contributed by atoms with Crippen LogP contribution in [0.4, 0.5) is 0 Å². The van der Waals surface area contributed by atoms with Crippen molar-refractivity contribution < 1.29 is 4.42 Å². The first kappa shape index (κ1) is 15.2. The minimum absolute atomic E-state index is 0.0973. The molecule has 7 heteroatoms. The van der Waals surface area contributed by atoms with Crippen molar-refractivity contribution in [2.45, 2.75) is 17.9 Å². The van der Waals surface area contributed by atoms with E-state index >= 15 is 0 Å². The highest BCUT2D eigenvalue weighted by Gasteiger charge is 2.09. The van der Waals surface area contributed by atoms with Gasteiger partial charge >= 0.3 is 0 Å². The minimum Gasteiger partial charge on any atom is -0.431 e. The number of aromatic nitrogens is 3. The zero-order chi connectivity index (χ0) is 16.7. The molecule has 0 aliphatic carbocycles. The lowest BCUT2D eigenvalue weighted by molar-refractivity contribution is 0.489. The Morgan fingerprint density at radius 1 is 1.21 bits per heavy atom. The van der Waals surface area contributed by atoms with Gasteiger partial charge in [-0.1, -0.05) is 23.4 Å². The van der Waals surface area contributed by atoms with E-state index in [2.05, 4.69) is 9.97 Å². The van der Waals surface area contributed by atoms with Gasteiger partial charge in [-0.25, -0.2) is 9.97 Å². The highest BCUT2D eigenvalue weighted by molar-refractivity contribution is 7.98. The molecule has 0 spiro atoms. The Kier molecular flexibility index (Phi) is 3.78. The van der Waals surface area contributed by atoms with E-state index in [0.29, 0.717) is 32.9 Å². The summed E-state index contributed by atoms with van der Waals surface area (Å²) in [6.45, 7) is 1.97. The Morgan fingerprint density at radius 2 is 2.08 bits per heavy atom. The zero-order valence-corrected chi connectivity index (χ0v) is 14.3. The van der Waals surface area contributed by atoms with Crippen molar-refractivity contribution in [3.05, 3.63) is 69.2 Å². The number of halogens is 1. The lowest BCUT2D eigenvalue weighted by Crippen LogP contribution is -2.15. The van der Waals surface area contributed by atoms with Gasteiger partial charge < -0.3 is 4.42 Å². The van der Waals surface area contributed by atoms with E-state index in [9.17, 15) is 4.79 Å². The lowest BCUT2D eigenvalue weighted by atomic mass is 10.3. The number of benzene rings is 1. The summed E-state index contributed by atoms with van der Waals surface area (Å²) in [4.78, 5) is 21.1. The monoisotopic (exact) mass is 357 g/mol. The van der Waals surface area contributed by atoms with Crippen LogP contribution < -0.4 is 5.56 Å². The number of oxazole rings is 1. The topological polar surface area (TPSA) is 60.4 Å². The van der Waals surface area contributed by atoms with Gasteiger partial charge in [0, 0.05) is 29.1 Å². The highest BCUT2D eigenvalue weighted by Crippen LogP contribution is 2.27. The van der Waals surface area contributed by atoms with Gasteiger partial charge in [0.25, 0.3) is 10.8 Å². The first-order valence-corrected chi connectivity index (χ1v) is 8.63. The second kappa shape index (κ2) is 5.96. The van der Waals surface area contributed by atoms with E-state index in [1.165, 1.54) is 22.2 Å². The van der Waals surface area contributed by atoms with Crippen molar-refractivity contribution >= 4 is 40.1 Å². The average molecular weight is 358 g/mol. The number of nitrogens with zero attached hydrogens (tertiary/aromatic N) is 3. The number of thioether (sulfide) groups is 1. The fraction of sp³-hybridized carbons (Fsp3) is 0.118. The molecule has 3 heterocycles. The Hall–Kier alpha value is -2.31. The van der Waals surface area contributed by atoms with Crippen LogP contribution in [-0.2, 0) is 5.75 Å². The molecule has 0 radical (unpaired) electrons. The van der Waals surface area contributed by atoms with Crippen molar-refractivity contribution in [3.63, 3.8) is 0 Å². The number of hydrogen-bond donors (Lipinski definition) is 0. The van der Waals surface area contributed by atoms with Gasteiger partial charge in [-0.05, 0) is 36.8 Å². The molecule has 0 unspecified atom stereocenters. The van der Waals surface area contributed by atoms with E-state index < -0.39 is 0 Å². The van der Waals surface area contributed by atoms with Crippen LogP contribution >= 0.6 is 23.4 Å². The summed E-state index contributed by atoms with van der Waals surface area (Å²) in [6.07, 6.45) is 1.74. The molecule has 0 atom stereocenters. The fourth-order valence-corrected chi connectivity index (χ4v) is 3.30. The van der Waals surface area contributed by atoms with Gasteiger partial charge in [0.15, 0.2) is 5.58 Å². The third kappa shape index (κ3) is 2.90. The van der Waals surface area contributed by atoms with Crippen LogP contribution in [0.25, 0.3) is 16.7 Å². The molecule has 0 fully saturated rings. The van der Waals surface area contributed by atoms with E-state index in [-0.39, 0.29) is 5.56 Å². The predicted molar refractivity (Wildman–Crippen MR) is 94.8 cm³/mol. The zero-order valence-electron chi connectivity index (χ0n) is 12.7. The number of rotatable bonds is 3. The SMILES string of the molecule is Cc1ccn2c(=O)cc(CSc3nc4ccc(Cl)cc4o3)nc2c1. The summed E-state index contributed by atoms with van der Waals surface area (Å²) >= 11 is 7.34. The first-order chi connectivity index (χ1) is 11.6. The van der Waals surface area contributed by atoms with Gasteiger partial charge in [0.2, 0.25) is 0 Å². The second-order valence-electron chi connectivity index (χ2n) is 5.40. The van der Waals surface area contributed by atoms with Crippen LogP contribution in [-0.4, -0.2) is 14.4 Å². The minimum atomic E-state index is -0.0973. The largest absolute Gasteiger partial charge is 0.431 e. The lowest BCUT2D eigenvalue weighted by Gasteiger charge is -2.03. The number of pyridine rings is 1. The third-order valence-electron chi connectivity index (χ3n) is 3.55. The second-order valence-corrected chi connectivity index (χ2v) is 6.76. The molecule has 4 rings (SSSR count). The summed E-state index contributed by atoms with van der Waals surface area (Å²) in [5, 5.41) is 1.13. The molecule has 1 aromatic carbocycles. The van der Waals surface area contributed by atoms with E-state index in [1.54, 1.807) is 18.3 Å². The average Bonchev–Trinajstić information content (AvgIpc) is 2.94. The molecule has 0 bridgehead atoms. The summed E-state index contributed by atoms with van der Waals surface area (Å²) in [6, 6.07) is 10.6.